The van der Waals surface area contributed by atoms with Crippen molar-refractivity contribution in [2.75, 3.05) is 20.2 Å². The Morgan fingerprint density at radius 2 is 2.15 bits per heavy atom. The molecule has 1 heterocycles. The molecule has 4 heteroatoms. The lowest BCUT2D eigenvalue weighted by atomic mass is 10.0. The van der Waals surface area contributed by atoms with Gasteiger partial charge in [-0.15, -0.1) is 0 Å². The van der Waals surface area contributed by atoms with E-state index in [4.69, 9.17) is 4.74 Å². The van der Waals surface area contributed by atoms with Gasteiger partial charge in [0.25, 0.3) is 0 Å². The molecule has 1 aliphatic heterocycles. The number of carbonyl (C=O) groups excluding carboxylic acids is 1. The van der Waals surface area contributed by atoms with Gasteiger partial charge in [-0.25, -0.2) is 0 Å². The molecule has 1 aromatic carbocycles. The summed E-state index contributed by atoms with van der Waals surface area (Å²) in [6.07, 6.45) is 1.02. The molecule has 0 radical (unpaired) electrons. The smallest absolute Gasteiger partial charge is 0.323 e. The highest BCUT2D eigenvalue weighted by molar-refractivity contribution is 5.76. The van der Waals surface area contributed by atoms with E-state index in [1.165, 1.54) is 12.7 Å². The number of aliphatic hydroxyl groups excluding tert-OH is 1. The van der Waals surface area contributed by atoms with Crippen LogP contribution < -0.4 is 0 Å². The van der Waals surface area contributed by atoms with Crippen LogP contribution in [-0.2, 0) is 16.0 Å². The number of benzene rings is 1. The van der Waals surface area contributed by atoms with Crippen molar-refractivity contribution in [3.05, 3.63) is 35.9 Å². The Labute approximate surface area is 120 Å². The highest BCUT2D eigenvalue weighted by Gasteiger charge is 2.37. The first-order chi connectivity index (χ1) is 9.60. The van der Waals surface area contributed by atoms with Crippen LogP contribution in [0, 0.1) is 5.92 Å². The summed E-state index contributed by atoms with van der Waals surface area (Å²) in [4.78, 5) is 13.8. The van der Waals surface area contributed by atoms with Crippen LogP contribution in [0.5, 0.6) is 0 Å². The fraction of sp³-hybridized carbons (Fsp3) is 0.562. The maximum absolute atomic E-state index is 11.7. The predicted molar refractivity (Wildman–Crippen MR) is 77.3 cm³/mol. The topological polar surface area (TPSA) is 49.8 Å². The van der Waals surface area contributed by atoms with Gasteiger partial charge in [-0.2, -0.15) is 0 Å². The number of carbonyl (C=O) groups is 1. The van der Waals surface area contributed by atoms with Gasteiger partial charge in [0, 0.05) is 19.5 Å². The Balaban J connectivity index is 1.92. The standard InChI is InChI=1S/C16H23NO3/c1-12(8-13-6-4-3-5-7-13)10-17-11-14(18)9-15(17)16(19)20-2/h3-7,12,14-15,18H,8-11H2,1-2H3/t12-,14+,15+/m1/s1. The van der Waals surface area contributed by atoms with Crippen molar-refractivity contribution in [1.29, 1.82) is 0 Å². The molecule has 1 saturated heterocycles. The first-order valence-electron chi connectivity index (χ1n) is 7.14. The minimum absolute atomic E-state index is 0.242. The largest absolute Gasteiger partial charge is 0.468 e. The van der Waals surface area contributed by atoms with Crippen LogP contribution in [0.3, 0.4) is 0 Å². The number of nitrogens with zero attached hydrogens (tertiary/aromatic N) is 1. The molecule has 0 spiro atoms. The number of hydrogen-bond donors (Lipinski definition) is 1. The van der Waals surface area contributed by atoms with Crippen LogP contribution >= 0.6 is 0 Å². The van der Waals surface area contributed by atoms with Gasteiger partial charge in [0.2, 0.25) is 0 Å². The maximum atomic E-state index is 11.7. The second-order valence-corrected chi connectivity index (χ2v) is 5.68. The summed E-state index contributed by atoms with van der Waals surface area (Å²) in [5, 5.41) is 9.77. The Hall–Kier alpha value is -1.39. The second kappa shape index (κ2) is 6.86. The van der Waals surface area contributed by atoms with E-state index in [1.54, 1.807) is 0 Å². The third kappa shape index (κ3) is 3.81. The average molecular weight is 277 g/mol. The molecule has 4 nitrogen and oxygen atoms in total. The number of hydrogen-bond acceptors (Lipinski definition) is 4. The SMILES string of the molecule is COC(=O)[C@@H]1C[C@H](O)CN1C[C@H](C)Cc1ccccc1. The zero-order valence-corrected chi connectivity index (χ0v) is 12.2. The van der Waals surface area contributed by atoms with Crippen LogP contribution in [-0.4, -0.2) is 48.3 Å². The van der Waals surface area contributed by atoms with E-state index >= 15 is 0 Å². The van der Waals surface area contributed by atoms with Crippen LogP contribution in [0.25, 0.3) is 0 Å². The number of likely N-dealkylation sites (tertiary alicyclic amines) is 1. The molecule has 0 saturated carbocycles. The number of β-amino-alcohol motifs (C(OH)–C–C–N with tert-alkyl or cyclic N) is 1. The average Bonchev–Trinajstić information content (AvgIpc) is 2.79. The highest BCUT2D eigenvalue weighted by atomic mass is 16.5. The maximum Gasteiger partial charge on any atom is 0.323 e. The fourth-order valence-electron chi connectivity index (χ4n) is 2.94. The van der Waals surface area contributed by atoms with Gasteiger partial charge in [0.05, 0.1) is 13.2 Å². The fourth-order valence-corrected chi connectivity index (χ4v) is 2.94. The van der Waals surface area contributed by atoms with E-state index < -0.39 is 6.10 Å². The van der Waals surface area contributed by atoms with Crippen molar-refractivity contribution >= 4 is 5.97 Å². The molecular weight excluding hydrogens is 254 g/mol. The number of esters is 1. The van der Waals surface area contributed by atoms with E-state index in [2.05, 4.69) is 19.1 Å². The zero-order chi connectivity index (χ0) is 14.5. The van der Waals surface area contributed by atoms with Crippen molar-refractivity contribution in [2.24, 2.45) is 5.92 Å². The molecule has 1 fully saturated rings. The Kier molecular flexibility index (Phi) is 5.15. The molecule has 0 unspecified atom stereocenters. The normalized spacial score (nSPS) is 24.6. The molecule has 1 aromatic rings. The molecule has 1 N–H and O–H groups in total. The predicted octanol–water partition coefficient (Wildman–Crippen LogP) is 1.47. The molecule has 3 atom stereocenters. The summed E-state index contributed by atoms with van der Waals surface area (Å²) in [5.41, 5.74) is 1.30. The monoisotopic (exact) mass is 277 g/mol. The van der Waals surface area contributed by atoms with Crippen molar-refractivity contribution in [2.45, 2.75) is 31.9 Å². The highest BCUT2D eigenvalue weighted by Crippen LogP contribution is 2.21. The third-order valence-corrected chi connectivity index (χ3v) is 3.83. The molecule has 0 aromatic heterocycles. The van der Waals surface area contributed by atoms with Gasteiger partial charge in [0.15, 0.2) is 0 Å². The number of methoxy groups -OCH3 is 1. The van der Waals surface area contributed by atoms with Crippen LogP contribution in [0.4, 0.5) is 0 Å². The quantitative estimate of drug-likeness (QED) is 0.828. The van der Waals surface area contributed by atoms with E-state index in [0.29, 0.717) is 18.9 Å². The Morgan fingerprint density at radius 1 is 1.45 bits per heavy atom. The zero-order valence-electron chi connectivity index (χ0n) is 12.2. The number of ether oxygens (including phenoxy) is 1. The summed E-state index contributed by atoms with van der Waals surface area (Å²) < 4.78 is 4.82. The van der Waals surface area contributed by atoms with Crippen LogP contribution in [0.1, 0.15) is 18.9 Å². The van der Waals surface area contributed by atoms with E-state index in [9.17, 15) is 9.90 Å². The van der Waals surface area contributed by atoms with Gasteiger partial charge < -0.3 is 9.84 Å². The first-order valence-corrected chi connectivity index (χ1v) is 7.14. The lowest BCUT2D eigenvalue weighted by Crippen LogP contribution is -2.39. The molecule has 0 bridgehead atoms. The number of rotatable bonds is 5. The van der Waals surface area contributed by atoms with Gasteiger partial charge in [-0.3, -0.25) is 9.69 Å². The molecule has 20 heavy (non-hydrogen) atoms. The van der Waals surface area contributed by atoms with Crippen LogP contribution in [0.2, 0.25) is 0 Å². The van der Waals surface area contributed by atoms with E-state index in [1.807, 2.05) is 23.1 Å². The molecular formula is C16H23NO3. The van der Waals surface area contributed by atoms with Gasteiger partial charge in [0.1, 0.15) is 6.04 Å². The van der Waals surface area contributed by atoms with E-state index in [0.717, 1.165) is 13.0 Å². The minimum Gasteiger partial charge on any atom is -0.468 e. The molecule has 0 amide bonds. The molecule has 110 valence electrons. The lowest BCUT2D eigenvalue weighted by Gasteiger charge is -2.25. The summed E-state index contributed by atoms with van der Waals surface area (Å²) in [6, 6.07) is 10.0. The second-order valence-electron chi connectivity index (χ2n) is 5.68. The van der Waals surface area contributed by atoms with E-state index in [-0.39, 0.29) is 12.0 Å². The van der Waals surface area contributed by atoms with Crippen molar-refractivity contribution in [3.63, 3.8) is 0 Å². The van der Waals surface area contributed by atoms with Crippen molar-refractivity contribution in [3.8, 4) is 0 Å². The summed E-state index contributed by atoms with van der Waals surface area (Å²) >= 11 is 0. The minimum atomic E-state index is -0.428. The summed E-state index contributed by atoms with van der Waals surface area (Å²) in [6.45, 7) is 3.52. The van der Waals surface area contributed by atoms with Gasteiger partial charge >= 0.3 is 5.97 Å². The van der Waals surface area contributed by atoms with Crippen LogP contribution in [0.15, 0.2) is 30.3 Å². The third-order valence-electron chi connectivity index (χ3n) is 3.83. The number of aliphatic hydroxyl groups is 1. The molecule has 1 aliphatic rings. The Bertz CT molecular complexity index is 435. The van der Waals surface area contributed by atoms with Crippen molar-refractivity contribution in [1.82, 2.24) is 4.90 Å². The van der Waals surface area contributed by atoms with Gasteiger partial charge in [-0.1, -0.05) is 37.3 Å². The lowest BCUT2D eigenvalue weighted by molar-refractivity contribution is -0.146. The Morgan fingerprint density at radius 3 is 2.80 bits per heavy atom. The first kappa shape index (κ1) is 15.0. The van der Waals surface area contributed by atoms with Crippen molar-refractivity contribution < 1.29 is 14.6 Å². The summed E-state index contributed by atoms with van der Waals surface area (Å²) in [5.74, 6) is 0.184. The molecule has 0 aliphatic carbocycles. The van der Waals surface area contributed by atoms with Gasteiger partial charge in [-0.05, 0) is 17.9 Å². The summed E-state index contributed by atoms with van der Waals surface area (Å²) in [7, 11) is 1.40. The molecule has 2 rings (SSSR count).